The van der Waals surface area contributed by atoms with Crippen LogP contribution >= 0.6 is 0 Å². The fourth-order valence-electron chi connectivity index (χ4n) is 2.43. The van der Waals surface area contributed by atoms with E-state index in [1.165, 1.54) is 0 Å². The molecule has 0 unspecified atom stereocenters. The minimum absolute atomic E-state index is 0.144. The van der Waals surface area contributed by atoms with Gasteiger partial charge in [0.15, 0.2) is 5.65 Å². The van der Waals surface area contributed by atoms with Crippen LogP contribution in [0, 0.1) is 0 Å². The van der Waals surface area contributed by atoms with Gasteiger partial charge in [0.25, 0.3) is 5.91 Å². The maximum Gasteiger partial charge on any atom is 0.255 e. The monoisotopic (exact) mass is 315 g/mol. The number of hydrogen-bond acceptors (Lipinski definition) is 4. The first kappa shape index (κ1) is 14.1. The van der Waals surface area contributed by atoms with Crippen LogP contribution in [0.2, 0.25) is 0 Å². The van der Waals surface area contributed by atoms with Gasteiger partial charge in [0.2, 0.25) is 0 Å². The molecule has 0 saturated carbocycles. The summed E-state index contributed by atoms with van der Waals surface area (Å²) in [4.78, 5) is 12.3. The van der Waals surface area contributed by atoms with Gasteiger partial charge in [-0.05, 0) is 36.4 Å². The standard InChI is InChI=1S/C18H13N5O/c24-18(13-5-2-1-3-6-13)20-15-8-4-7-14(11-15)16-9-10-17-21-19-12-23(17)22-16/h1-12H,(H,20,24). The SMILES string of the molecule is O=C(Nc1cccc(-c2ccc3nncn3n2)c1)c1ccccc1. The number of anilines is 1. The van der Waals surface area contributed by atoms with Crippen molar-refractivity contribution in [1.82, 2.24) is 19.8 Å². The van der Waals surface area contributed by atoms with Gasteiger partial charge in [0, 0.05) is 16.8 Å². The molecule has 0 fully saturated rings. The molecule has 4 aromatic rings. The summed E-state index contributed by atoms with van der Waals surface area (Å²) in [5, 5.41) is 15.1. The molecule has 0 bridgehead atoms. The predicted octanol–water partition coefficient (Wildman–Crippen LogP) is 3.04. The molecule has 4 rings (SSSR count). The fourth-order valence-corrected chi connectivity index (χ4v) is 2.43. The van der Waals surface area contributed by atoms with Crippen molar-refractivity contribution in [3.63, 3.8) is 0 Å². The molecular formula is C18H13N5O. The second-order valence-electron chi connectivity index (χ2n) is 5.25. The lowest BCUT2D eigenvalue weighted by Crippen LogP contribution is -2.11. The molecule has 0 radical (unpaired) electrons. The van der Waals surface area contributed by atoms with Crippen LogP contribution in [0.3, 0.4) is 0 Å². The lowest BCUT2D eigenvalue weighted by Gasteiger charge is -2.07. The van der Waals surface area contributed by atoms with Crippen LogP contribution in [0.4, 0.5) is 5.69 Å². The van der Waals surface area contributed by atoms with Crippen LogP contribution in [-0.2, 0) is 0 Å². The predicted molar refractivity (Wildman–Crippen MR) is 90.6 cm³/mol. The molecule has 24 heavy (non-hydrogen) atoms. The van der Waals surface area contributed by atoms with Gasteiger partial charge in [-0.25, -0.2) is 0 Å². The normalized spacial score (nSPS) is 10.7. The number of rotatable bonds is 3. The van der Waals surface area contributed by atoms with E-state index in [1.54, 1.807) is 23.0 Å². The van der Waals surface area contributed by atoms with E-state index in [0.29, 0.717) is 16.9 Å². The molecule has 2 aromatic carbocycles. The number of carbonyl (C=O) groups excluding carboxylic acids is 1. The minimum atomic E-state index is -0.144. The summed E-state index contributed by atoms with van der Waals surface area (Å²) in [6.45, 7) is 0. The Labute approximate surface area is 137 Å². The Hall–Kier alpha value is -3.54. The van der Waals surface area contributed by atoms with Crippen molar-refractivity contribution < 1.29 is 4.79 Å². The van der Waals surface area contributed by atoms with Crippen molar-refractivity contribution in [1.29, 1.82) is 0 Å². The number of benzene rings is 2. The molecule has 6 nitrogen and oxygen atoms in total. The molecule has 116 valence electrons. The molecule has 2 aromatic heterocycles. The molecule has 1 amide bonds. The highest BCUT2D eigenvalue weighted by Crippen LogP contribution is 2.21. The van der Waals surface area contributed by atoms with E-state index in [-0.39, 0.29) is 5.91 Å². The highest BCUT2D eigenvalue weighted by Gasteiger charge is 2.07. The Morgan fingerprint density at radius 2 is 1.83 bits per heavy atom. The van der Waals surface area contributed by atoms with Crippen molar-refractivity contribution in [2.24, 2.45) is 0 Å². The lowest BCUT2D eigenvalue weighted by atomic mass is 10.1. The smallest absolute Gasteiger partial charge is 0.255 e. The summed E-state index contributed by atoms with van der Waals surface area (Å²) in [6, 6.07) is 20.4. The molecule has 0 aliphatic heterocycles. The topological polar surface area (TPSA) is 72.2 Å². The zero-order valence-corrected chi connectivity index (χ0v) is 12.6. The van der Waals surface area contributed by atoms with Crippen LogP contribution in [0.1, 0.15) is 10.4 Å². The number of carbonyl (C=O) groups is 1. The van der Waals surface area contributed by atoms with E-state index in [9.17, 15) is 4.79 Å². The number of amides is 1. The third-order valence-electron chi connectivity index (χ3n) is 3.61. The quantitative estimate of drug-likeness (QED) is 0.631. The van der Waals surface area contributed by atoms with Crippen molar-refractivity contribution in [3.05, 3.63) is 78.6 Å². The molecule has 6 heteroatoms. The highest BCUT2D eigenvalue weighted by molar-refractivity contribution is 6.04. The van der Waals surface area contributed by atoms with Crippen LogP contribution in [0.15, 0.2) is 73.1 Å². The van der Waals surface area contributed by atoms with E-state index in [0.717, 1.165) is 11.3 Å². The molecule has 0 atom stereocenters. The number of nitrogens with one attached hydrogen (secondary N) is 1. The summed E-state index contributed by atoms with van der Waals surface area (Å²) in [5.41, 5.74) is 3.70. The minimum Gasteiger partial charge on any atom is -0.322 e. The van der Waals surface area contributed by atoms with Crippen molar-refractivity contribution in [2.75, 3.05) is 5.32 Å². The van der Waals surface area contributed by atoms with Crippen molar-refractivity contribution in [2.45, 2.75) is 0 Å². The Morgan fingerprint density at radius 1 is 0.958 bits per heavy atom. The second kappa shape index (κ2) is 5.92. The first-order valence-corrected chi connectivity index (χ1v) is 7.43. The molecule has 0 spiro atoms. The summed E-state index contributed by atoms with van der Waals surface area (Å²) in [6.07, 6.45) is 1.56. The maximum absolute atomic E-state index is 12.3. The first-order valence-electron chi connectivity index (χ1n) is 7.43. The summed E-state index contributed by atoms with van der Waals surface area (Å²) in [5.74, 6) is -0.144. The average molecular weight is 315 g/mol. The van der Waals surface area contributed by atoms with Gasteiger partial charge in [-0.2, -0.15) is 9.61 Å². The second-order valence-corrected chi connectivity index (χ2v) is 5.25. The average Bonchev–Trinajstić information content (AvgIpc) is 3.10. The number of fused-ring (bicyclic) bond motifs is 1. The first-order chi connectivity index (χ1) is 11.8. The maximum atomic E-state index is 12.3. The van der Waals surface area contributed by atoms with Crippen molar-refractivity contribution >= 4 is 17.2 Å². The van der Waals surface area contributed by atoms with Crippen molar-refractivity contribution in [3.8, 4) is 11.3 Å². The van der Waals surface area contributed by atoms with Gasteiger partial charge in [0.05, 0.1) is 5.69 Å². The van der Waals surface area contributed by atoms with Gasteiger partial charge in [-0.15, -0.1) is 10.2 Å². The van der Waals surface area contributed by atoms with Crippen LogP contribution in [-0.4, -0.2) is 25.7 Å². The van der Waals surface area contributed by atoms with Crippen LogP contribution < -0.4 is 5.32 Å². The number of aromatic nitrogens is 4. The van der Waals surface area contributed by atoms with E-state index in [4.69, 9.17) is 0 Å². The zero-order valence-electron chi connectivity index (χ0n) is 12.6. The lowest BCUT2D eigenvalue weighted by molar-refractivity contribution is 0.102. The fraction of sp³-hybridized carbons (Fsp3) is 0. The summed E-state index contributed by atoms with van der Waals surface area (Å²) >= 11 is 0. The van der Waals surface area contributed by atoms with Crippen LogP contribution in [0.25, 0.3) is 16.9 Å². The van der Waals surface area contributed by atoms with E-state index < -0.39 is 0 Å². The molecular weight excluding hydrogens is 302 g/mol. The largest absolute Gasteiger partial charge is 0.322 e. The van der Waals surface area contributed by atoms with Gasteiger partial charge >= 0.3 is 0 Å². The number of hydrogen-bond donors (Lipinski definition) is 1. The van der Waals surface area contributed by atoms with Gasteiger partial charge in [-0.3, -0.25) is 4.79 Å². The van der Waals surface area contributed by atoms with E-state index >= 15 is 0 Å². The third-order valence-corrected chi connectivity index (χ3v) is 3.61. The van der Waals surface area contributed by atoms with Gasteiger partial charge in [-0.1, -0.05) is 30.3 Å². The molecule has 0 aliphatic rings. The summed E-state index contributed by atoms with van der Waals surface area (Å²) < 4.78 is 1.62. The third kappa shape index (κ3) is 2.72. The van der Waals surface area contributed by atoms with E-state index in [2.05, 4.69) is 20.6 Å². The highest BCUT2D eigenvalue weighted by atomic mass is 16.1. The Balaban J connectivity index is 1.62. The van der Waals surface area contributed by atoms with E-state index in [1.807, 2.05) is 54.6 Å². The van der Waals surface area contributed by atoms with Gasteiger partial charge < -0.3 is 5.32 Å². The molecule has 0 saturated heterocycles. The Bertz CT molecular complexity index is 1010. The Kier molecular flexibility index (Phi) is 3.47. The molecule has 0 aliphatic carbocycles. The number of nitrogens with zero attached hydrogens (tertiary/aromatic N) is 4. The summed E-state index contributed by atoms with van der Waals surface area (Å²) in [7, 11) is 0. The Morgan fingerprint density at radius 3 is 2.71 bits per heavy atom. The zero-order chi connectivity index (χ0) is 16.4. The molecule has 1 N–H and O–H groups in total. The molecule has 2 heterocycles. The van der Waals surface area contributed by atoms with Crippen LogP contribution in [0.5, 0.6) is 0 Å². The van der Waals surface area contributed by atoms with Gasteiger partial charge in [0.1, 0.15) is 6.33 Å².